The van der Waals surface area contributed by atoms with Crippen molar-refractivity contribution in [2.75, 3.05) is 18.0 Å². The van der Waals surface area contributed by atoms with Crippen molar-refractivity contribution in [1.82, 2.24) is 0 Å². The molecule has 0 N–H and O–H groups in total. The van der Waals surface area contributed by atoms with Crippen LogP contribution in [0.3, 0.4) is 0 Å². The maximum Gasteiger partial charge on any atom is 0.147 e. The van der Waals surface area contributed by atoms with E-state index in [-0.39, 0.29) is 18.0 Å². The fourth-order valence-corrected chi connectivity index (χ4v) is 2.84. The average Bonchev–Trinajstić information content (AvgIpc) is 2.54. The standard InChI is InChI=1S/C18H16F2N2O/c1-12-10-22(17-7-2-13(9-21)8-16(17)20)11-18(23-12)14-3-5-15(19)6-4-14/h2-8,12,18H,10-11H2,1H3. The van der Waals surface area contributed by atoms with Gasteiger partial charge in [0.2, 0.25) is 0 Å². The van der Waals surface area contributed by atoms with Crippen molar-refractivity contribution < 1.29 is 13.5 Å². The van der Waals surface area contributed by atoms with E-state index in [1.165, 1.54) is 18.2 Å². The summed E-state index contributed by atoms with van der Waals surface area (Å²) < 4.78 is 33.2. The van der Waals surface area contributed by atoms with Crippen molar-refractivity contribution in [2.45, 2.75) is 19.1 Å². The van der Waals surface area contributed by atoms with Gasteiger partial charge in [0.1, 0.15) is 17.7 Å². The first-order chi connectivity index (χ1) is 11.1. The normalized spacial score (nSPS) is 21.0. The number of anilines is 1. The molecule has 0 aliphatic carbocycles. The van der Waals surface area contributed by atoms with Gasteiger partial charge in [-0.05, 0) is 42.8 Å². The largest absolute Gasteiger partial charge is 0.367 e. The molecule has 2 unspecified atom stereocenters. The van der Waals surface area contributed by atoms with Gasteiger partial charge < -0.3 is 9.64 Å². The molecule has 118 valence electrons. The van der Waals surface area contributed by atoms with Gasteiger partial charge in [-0.15, -0.1) is 0 Å². The van der Waals surface area contributed by atoms with Crippen LogP contribution >= 0.6 is 0 Å². The first-order valence-electron chi connectivity index (χ1n) is 7.42. The van der Waals surface area contributed by atoms with E-state index in [0.29, 0.717) is 24.3 Å². The molecule has 1 heterocycles. The van der Waals surface area contributed by atoms with Gasteiger partial charge in [-0.1, -0.05) is 12.1 Å². The SMILES string of the molecule is CC1CN(c2ccc(C#N)cc2F)CC(c2ccc(F)cc2)O1. The molecule has 5 heteroatoms. The second-order valence-electron chi connectivity index (χ2n) is 5.67. The molecular formula is C18H16F2N2O. The molecular weight excluding hydrogens is 298 g/mol. The Balaban J connectivity index is 1.86. The molecule has 1 aliphatic rings. The summed E-state index contributed by atoms with van der Waals surface area (Å²) in [5.74, 6) is -0.719. The number of nitrogens with zero attached hydrogens (tertiary/aromatic N) is 2. The van der Waals surface area contributed by atoms with Crippen LogP contribution < -0.4 is 4.90 Å². The average molecular weight is 314 g/mol. The summed E-state index contributed by atoms with van der Waals surface area (Å²) in [5.41, 5.74) is 1.60. The van der Waals surface area contributed by atoms with Gasteiger partial charge in [-0.2, -0.15) is 5.26 Å². The van der Waals surface area contributed by atoms with Crippen LogP contribution in [0.15, 0.2) is 42.5 Å². The Morgan fingerprint density at radius 3 is 2.52 bits per heavy atom. The lowest BCUT2D eigenvalue weighted by molar-refractivity contribution is -0.0175. The monoisotopic (exact) mass is 314 g/mol. The van der Waals surface area contributed by atoms with Gasteiger partial charge in [0.15, 0.2) is 0 Å². The van der Waals surface area contributed by atoms with Gasteiger partial charge in [-0.25, -0.2) is 8.78 Å². The topological polar surface area (TPSA) is 36.3 Å². The van der Waals surface area contributed by atoms with Crippen LogP contribution in [0.5, 0.6) is 0 Å². The highest BCUT2D eigenvalue weighted by molar-refractivity contribution is 5.52. The second-order valence-corrected chi connectivity index (χ2v) is 5.67. The van der Waals surface area contributed by atoms with Gasteiger partial charge >= 0.3 is 0 Å². The zero-order valence-electron chi connectivity index (χ0n) is 12.7. The Morgan fingerprint density at radius 2 is 1.87 bits per heavy atom. The molecule has 0 saturated carbocycles. The smallest absolute Gasteiger partial charge is 0.147 e. The number of benzene rings is 2. The minimum absolute atomic E-state index is 0.0890. The van der Waals surface area contributed by atoms with E-state index >= 15 is 0 Å². The van der Waals surface area contributed by atoms with Crippen LogP contribution in [0.1, 0.15) is 24.2 Å². The van der Waals surface area contributed by atoms with E-state index in [1.807, 2.05) is 17.9 Å². The molecule has 1 aliphatic heterocycles. The Labute approximate surface area is 133 Å². The molecule has 0 spiro atoms. The van der Waals surface area contributed by atoms with Crippen LogP contribution in [0, 0.1) is 23.0 Å². The number of nitriles is 1. The molecule has 1 fully saturated rings. The van der Waals surface area contributed by atoms with Crippen LogP contribution in [0.25, 0.3) is 0 Å². The number of hydrogen-bond acceptors (Lipinski definition) is 3. The summed E-state index contributed by atoms with van der Waals surface area (Å²) in [5, 5.41) is 8.84. The van der Waals surface area contributed by atoms with Crippen molar-refractivity contribution in [3.63, 3.8) is 0 Å². The van der Waals surface area contributed by atoms with Crippen LogP contribution in [0.4, 0.5) is 14.5 Å². The van der Waals surface area contributed by atoms with E-state index in [9.17, 15) is 8.78 Å². The maximum atomic E-state index is 14.2. The molecule has 1 saturated heterocycles. The van der Waals surface area contributed by atoms with Crippen molar-refractivity contribution in [1.29, 1.82) is 5.26 Å². The van der Waals surface area contributed by atoms with Crippen LogP contribution in [-0.4, -0.2) is 19.2 Å². The molecule has 0 amide bonds. The summed E-state index contributed by atoms with van der Waals surface area (Å²) in [6, 6.07) is 12.5. The number of ether oxygens (including phenoxy) is 1. The van der Waals surface area contributed by atoms with E-state index < -0.39 is 5.82 Å². The summed E-state index contributed by atoms with van der Waals surface area (Å²) in [4.78, 5) is 1.90. The quantitative estimate of drug-likeness (QED) is 0.846. The highest BCUT2D eigenvalue weighted by Gasteiger charge is 2.28. The Morgan fingerprint density at radius 1 is 1.13 bits per heavy atom. The third-order valence-electron chi connectivity index (χ3n) is 3.92. The maximum absolute atomic E-state index is 14.2. The number of morpholine rings is 1. The van der Waals surface area contributed by atoms with Crippen molar-refractivity contribution >= 4 is 5.69 Å². The van der Waals surface area contributed by atoms with Gasteiger partial charge in [0.25, 0.3) is 0 Å². The minimum atomic E-state index is -0.420. The zero-order chi connectivity index (χ0) is 16.4. The molecule has 23 heavy (non-hydrogen) atoms. The molecule has 2 aromatic carbocycles. The highest BCUT2D eigenvalue weighted by Crippen LogP contribution is 2.30. The number of rotatable bonds is 2. The minimum Gasteiger partial charge on any atom is -0.367 e. The lowest BCUT2D eigenvalue weighted by Gasteiger charge is -2.38. The zero-order valence-corrected chi connectivity index (χ0v) is 12.7. The fourth-order valence-electron chi connectivity index (χ4n) is 2.84. The van der Waals surface area contributed by atoms with E-state index in [0.717, 1.165) is 5.56 Å². The Kier molecular flexibility index (Phi) is 4.26. The summed E-state index contributed by atoms with van der Waals surface area (Å²) in [6.45, 7) is 2.95. The second kappa shape index (κ2) is 6.35. The number of halogens is 2. The molecule has 0 bridgehead atoms. The molecule has 3 nitrogen and oxygen atoms in total. The molecule has 0 aromatic heterocycles. The van der Waals surface area contributed by atoms with E-state index in [1.54, 1.807) is 24.3 Å². The third kappa shape index (κ3) is 3.33. The van der Waals surface area contributed by atoms with Crippen molar-refractivity contribution in [2.24, 2.45) is 0 Å². The van der Waals surface area contributed by atoms with Crippen molar-refractivity contribution in [3.05, 3.63) is 65.2 Å². The lowest BCUT2D eigenvalue weighted by Crippen LogP contribution is -2.43. The predicted octanol–water partition coefficient (Wildman–Crippen LogP) is 3.80. The first-order valence-corrected chi connectivity index (χ1v) is 7.42. The van der Waals surface area contributed by atoms with Crippen molar-refractivity contribution in [3.8, 4) is 6.07 Å². The summed E-state index contributed by atoms with van der Waals surface area (Å²) in [6.07, 6.45) is -0.344. The highest BCUT2D eigenvalue weighted by atomic mass is 19.1. The molecule has 3 rings (SSSR count). The first kappa shape index (κ1) is 15.4. The fraction of sp³-hybridized carbons (Fsp3) is 0.278. The van der Waals surface area contributed by atoms with E-state index in [2.05, 4.69) is 0 Å². The number of hydrogen-bond donors (Lipinski definition) is 0. The molecule has 2 aromatic rings. The van der Waals surface area contributed by atoms with Crippen LogP contribution in [0.2, 0.25) is 0 Å². The van der Waals surface area contributed by atoms with Crippen LogP contribution in [-0.2, 0) is 4.74 Å². The van der Waals surface area contributed by atoms with Gasteiger partial charge in [0.05, 0.1) is 23.4 Å². The lowest BCUT2D eigenvalue weighted by atomic mass is 10.1. The Bertz CT molecular complexity index is 740. The predicted molar refractivity (Wildman–Crippen MR) is 83.0 cm³/mol. The van der Waals surface area contributed by atoms with Gasteiger partial charge in [-0.3, -0.25) is 0 Å². The molecule has 2 atom stereocenters. The Hall–Kier alpha value is -2.45. The molecule has 0 radical (unpaired) electrons. The van der Waals surface area contributed by atoms with E-state index in [4.69, 9.17) is 10.00 Å². The summed E-state index contributed by atoms with van der Waals surface area (Å²) in [7, 11) is 0. The summed E-state index contributed by atoms with van der Waals surface area (Å²) >= 11 is 0. The van der Waals surface area contributed by atoms with Gasteiger partial charge in [0, 0.05) is 13.1 Å². The third-order valence-corrected chi connectivity index (χ3v) is 3.92.